The van der Waals surface area contributed by atoms with Crippen molar-refractivity contribution in [2.24, 2.45) is 0 Å². The molecule has 0 fully saturated rings. The third-order valence-electron chi connectivity index (χ3n) is 0.511. The number of amides is 1. The standard InChI is InChI=1S/C4H7ClNO2/c5-2-1-3-8-4(6)7/h6H,1-3H2. The number of ether oxygens (including phenoxy) is 1. The Bertz CT molecular complexity index is 76.4. The molecule has 4 heteroatoms. The zero-order valence-electron chi connectivity index (χ0n) is 4.32. The van der Waals surface area contributed by atoms with Gasteiger partial charge in [0, 0.05) is 5.88 Å². The van der Waals surface area contributed by atoms with Crippen LogP contribution in [-0.2, 0) is 4.74 Å². The van der Waals surface area contributed by atoms with Crippen molar-refractivity contribution >= 4 is 17.7 Å². The van der Waals surface area contributed by atoms with Crippen LogP contribution in [0.25, 0.3) is 0 Å². The van der Waals surface area contributed by atoms with Crippen LogP contribution in [0.1, 0.15) is 6.42 Å². The number of nitrogens with one attached hydrogen (secondary N) is 1. The van der Waals surface area contributed by atoms with Crippen LogP contribution < -0.4 is 5.73 Å². The molecule has 0 bridgehead atoms. The SMILES string of the molecule is [NH]C(=O)OCCCCl. The van der Waals surface area contributed by atoms with Gasteiger partial charge in [-0.15, -0.1) is 11.6 Å². The maximum absolute atomic E-state index is 9.72. The topological polar surface area (TPSA) is 50.1 Å². The number of halogens is 1. The van der Waals surface area contributed by atoms with Crippen LogP contribution in [-0.4, -0.2) is 18.6 Å². The van der Waals surface area contributed by atoms with E-state index in [1.165, 1.54) is 0 Å². The zero-order chi connectivity index (χ0) is 6.41. The van der Waals surface area contributed by atoms with Crippen molar-refractivity contribution in [2.75, 3.05) is 12.5 Å². The molecule has 1 amide bonds. The summed E-state index contributed by atoms with van der Waals surface area (Å²) in [5, 5.41) is 0. The minimum absolute atomic E-state index is 0.256. The number of alkyl halides is 1. The Morgan fingerprint density at radius 1 is 1.75 bits per heavy atom. The molecule has 0 aliphatic heterocycles. The predicted octanol–water partition coefficient (Wildman–Crippen LogP) is 1.03. The molecule has 1 radical (unpaired) electrons. The number of carbonyl (C=O) groups is 1. The summed E-state index contributed by atoms with van der Waals surface area (Å²) >= 11 is 5.23. The Balaban J connectivity index is 2.82. The van der Waals surface area contributed by atoms with Gasteiger partial charge in [-0.2, -0.15) is 0 Å². The first kappa shape index (κ1) is 7.56. The molecule has 0 aromatic heterocycles. The summed E-state index contributed by atoms with van der Waals surface area (Å²) < 4.78 is 4.23. The van der Waals surface area contributed by atoms with E-state index in [4.69, 9.17) is 17.3 Å². The first-order valence-electron chi connectivity index (χ1n) is 2.21. The van der Waals surface area contributed by atoms with Gasteiger partial charge in [-0.3, -0.25) is 0 Å². The minimum atomic E-state index is -0.991. The summed E-state index contributed by atoms with van der Waals surface area (Å²) in [7, 11) is 0. The molecule has 0 aliphatic carbocycles. The van der Waals surface area contributed by atoms with E-state index < -0.39 is 6.09 Å². The van der Waals surface area contributed by atoms with Crippen molar-refractivity contribution in [3.63, 3.8) is 0 Å². The van der Waals surface area contributed by atoms with Crippen molar-refractivity contribution in [2.45, 2.75) is 6.42 Å². The molecule has 0 saturated heterocycles. The number of carbonyl (C=O) groups excluding carboxylic acids is 1. The normalized spacial score (nSPS) is 8.62. The van der Waals surface area contributed by atoms with Gasteiger partial charge >= 0.3 is 6.09 Å². The Labute approximate surface area is 52.8 Å². The van der Waals surface area contributed by atoms with Gasteiger partial charge in [-0.25, -0.2) is 10.5 Å². The lowest BCUT2D eigenvalue weighted by atomic mass is 10.5. The molecule has 0 saturated carbocycles. The van der Waals surface area contributed by atoms with Gasteiger partial charge in [0.2, 0.25) is 0 Å². The van der Waals surface area contributed by atoms with Crippen LogP contribution >= 0.6 is 11.6 Å². The lowest BCUT2D eigenvalue weighted by molar-refractivity contribution is 0.155. The fraction of sp³-hybridized carbons (Fsp3) is 0.750. The first-order valence-corrected chi connectivity index (χ1v) is 2.75. The van der Waals surface area contributed by atoms with Crippen LogP contribution in [0.4, 0.5) is 4.79 Å². The van der Waals surface area contributed by atoms with E-state index in [-0.39, 0.29) is 6.61 Å². The predicted molar refractivity (Wildman–Crippen MR) is 29.8 cm³/mol. The summed E-state index contributed by atoms with van der Waals surface area (Å²) in [6.07, 6.45) is -0.373. The molecule has 0 rings (SSSR count). The maximum Gasteiger partial charge on any atom is 0.426 e. The number of hydrogen-bond donors (Lipinski definition) is 0. The van der Waals surface area contributed by atoms with Crippen LogP contribution in [0, 0.1) is 0 Å². The van der Waals surface area contributed by atoms with Crippen LogP contribution in [0.3, 0.4) is 0 Å². The molecule has 3 nitrogen and oxygen atoms in total. The Morgan fingerprint density at radius 2 is 2.38 bits per heavy atom. The monoisotopic (exact) mass is 136 g/mol. The summed E-state index contributed by atoms with van der Waals surface area (Å²) in [6, 6.07) is 0. The van der Waals surface area contributed by atoms with Gasteiger partial charge in [0.1, 0.15) is 0 Å². The van der Waals surface area contributed by atoms with Crippen molar-refractivity contribution in [1.29, 1.82) is 0 Å². The molecule has 0 aliphatic rings. The van der Waals surface area contributed by atoms with Crippen molar-refractivity contribution in [3.05, 3.63) is 0 Å². The molecular formula is C4H7ClNO2. The largest absolute Gasteiger partial charge is 0.448 e. The fourth-order valence-electron chi connectivity index (χ4n) is 0.219. The average Bonchev–Trinajstić information content (AvgIpc) is 1.66. The average molecular weight is 137 g/mol. The molecule has 1 N–H and O–H groups in total. The highest BCUT2D eigenvalue weighted by atomic mass is 35.5. The minimum Gasteiger partial charge on any atom is -0.448 e. The number of hydrogen-bond acceptors (Lipinski definition) is 2. The molecule has 0 spiro atoms. The van der Waals surface area contributed by atoms with E-state index >= 15 is 0 Å². The van der Waals surface area contributed by atoms with Crippen molar-refractivity contribution in [1.82, 2.24) is 5.73 Å². The van der Waals surface area contributed by atoms with E-state index in [9.17, 15) is 4.79 Å². The molecule has 0 aromatic carbocycles. The molecule has 8 heavy (non-hydrogen) atoms. The molecule has 0 aromatic rings. The van der Waals surface area contributed by atoms with E-state index in [0.717, 1.165) is 0 Å². The Kier molecular flexibility index (Phi) is 4.45. The zero-order valence-corrected chi connectivity index (χ0v) is 5.07. The van der Waals surface area contributed by atoms with E-state index in [2.05, 4.69) is 4.74 Å². The lowest BCUT2D eigenvalue weighted by Gasteiger charge is -1.94. The van der Waals surface area contributed by atoms with E-state index in [1.54, 1.807) is 0 Å². The summed E-state index contributed by atoms with van der Waals surface area (Å²) in [6.45, 7) is 0.256. The highest BCUT2D eigenvalue weighted by molar-refractivity contribution is 6.17. The first-order chi connectivity index (χ1) is 3.77. The second kappa shape index (κ2) is 4.71. The lowest BCUT2D eigenvalue weighted by Crippen LogP contribution is -2.03. The van der Waals surface area contributed by atoms with Gasteiger partial charge in [-0.1, -0.05) is 0 Å². The van der Waals surface area contributed by atoms with Crippen molar-refractivity contribution in [3.8, 4) is 0 Å². The number of rotatable bonds is 3. The quantitative estimate of drug-likeness (QED) is 0.430. The van der Waals surface area contributed by atoms with Gasteiger partial charge in [0.05, 0.1) is 6.61 Å². The molecule has 0 heterocycles. The maximum atomic E-state index is 9.72. The Hall–Kier alpha value is -0.440. The molecule has 0 unspecified atom stereocenters. The van der Waals surface area contributed by atoms with E-state index in [0.29, 0.717) is 12.3 Å². The third kappa shape index (κ3) is 5.56. The van der Waals surface area contributed by atoms with Crippen LogP contribution in [0.2, 0.25) is 0 Å². The highest BCUT2D eigenvalue weighted by Gasteiger charge is 1.90. The fourth-order valence-corrected chi connectivity index (χ4v) is 0.329. The molecule has 0 atom stereocenters. The summed E-state index contributed by atoms with van der Waals surface area (Å²) in [4.78, 5) is 9.72. The van der Waals surface area contributed by atoms with E-state index in [1.807, 2.05) is 0 Å². The van der Waals surface area contributed by atoms with Crippen molar-refractivity contribution < 1.29 is 9.53 Å². The van der Waals surface area contributed by atoms with Gasteiger partial charge in [0.15, 0.2) is 0 Å². The van der Waals surface area contributed by atoms with Gasteiger partial charge in [0.25, 0.3) is 0 Å². The molecule has 47 valence electrons. The van der Waals surface area contributed by atoms with Gasteiger partial charge in [-0.05, 0) is 6.42 Å². The molecular weight excluding hydrogens is 130 g/mol. The van der Waals surface area contributed by atoms with Crippen LogP contribution in [0.5, 0.6) is 0 Å². The third-order valence-corrected chi connectivity index (χ3v) is 0.778. The second-order valence-corrected chi connectivity index (χ2v) is 1.56. The smallest absolute Gasteiger partial charge is 0.426 e. The summed E-state index contributed by atoms with van der Waals surface area (Å²) in [5.74, 6) is 0.466. The Morgan fingerprint density at radius 3 is 2.75 bits per heavy atom. The van der Waals surface area contributed by atoms with Gasteiger partial charge < -0.3 is 4.74 Å². The summed E-state index contributed by atoms with van der Waals surface area (Å²) in [5.41, 5.74) is 6.25. The second-order valence-electron chi connectivity index (χ2n) is 1.18. The highest BCUT2D eigenvalue weighted by Crippen LogP contribution is 1.85. The van der Waals surface area contributed by atoms with Crippen LogP contribution in [0.15, 0.2) is 0 Å².